The molecule has 0 N–H and O–H groups in total. The van der Waals surface area contributed by atoms with E-state index >= 15 is 0 Å². The summed E-state index contributed by atoms with van der Waals surface area (Å²) >= 11 is 5.27. The average molecular weight is 347 g/mol. The Morgan fingerprint density at radius 3 is 2.33 bits per heavy atom. The maximum absolute atomic E-state index is 10.7. The molecule has 0 saturated carbocycles. The molecule has 82 valence electrons. The van der Waals surface area contributed by atoms with E-state index in [0.717, 1.165) is 9.96 Å². The molecule has 0 bridgehead atoms. The van der Waals surface area contributed by atoms with Gasteiger partial charge in [0.05, 0.1) is 0 Å². The van der Waals surface area contributed by atoms with E-state index in [4.69, 9.17) is 41.6 Å². The van der Waals surface area contributed by atoms with Crippen molar-refractivity contribution >= 4 is 61.7 Å². The van der Waals surface area contributed by atoms with Crippen molar-refractivity contribution in [2.24, 2.45) is 0 Å². The fraction of sp³-hybridized carbons (Fsp3) is 0.222. The topological polar surface area (TPSA) is 17.1 Å². The van der Waals surface area contributed by atoms with Gasteiger partial charge in [-0.05, 0) is 0 Å². The molecule has 0 aliphatic carbocycles. The van der Waals surface area contributed by atoms with Crippen molar-refractivity contribution < 1.29 is 4.79 Å². The third-order valence-electron chi connectivity index (χ3n) is 1.91. The van der Waals surface area contributed by atoms with E-state index in [1.54, 1.807) is 6.07 Å². The molecule has 0 atom stereocenters. The van der Waals surface area contributed by atoms with Gasteiger partial charge in [-0.2, -0.15) is 0 Å². The van der Waals surface area contributed by atoms with Gasteiger partial charge in [-0.25, -0.2) is 0 Å². The molecule has 6 heteroatoms. The number of hydrogen-bond acceptors (Lipinski definition) is 1. The summed E-state index contributed by atoms with van der Waals surface area (Å²) in [5, 5.41) is -0.373. The molecule has 0 spiro atoms. The number of halogens is 4. The van der Waals surface area contributed by atoms with Crippen LogP contribution < -0.4 is 4.40 Å². The fourth-order valence-corrected chi connectivity index (χ4v) is 6.02. The van der Waals surface area contributed by atoms with Crippen LogP contribution in [0.2, 0.25) is 0 Å². The normalized spacial score (nSPS) is 11.5. The summed E-state index contributed by atoms with van der Waals surface area (Å²) < 4.78 is 0.778. The number of carbonyl (C=O) groups is 1. The predicted molar refractivity (Wildman–Crippen MR) is 68.6 cm³/mol. The van der Waals surface area contributed by atoms with Crippen molar-refractivity contribution in [1.82, 2.24) is 0 Å². The van der Waals surface area contributed by atoms with E-state index < -0.39 is 10.5 Å². The molecule has 0 radical (unpaired) electrons. The van der Waals surface area contributed by atoms with Gasteiger partial charge in [-0.15, -0.1) is 0 Å². The maximum atomic E-state index is 10.7. The van der Waals surface area contributed by atoms with Crippen LogP contribution in [-0.4, -0.2) is 15.7 Å². The third kappa shape index (κ3) is 4.53. The zero-order valence-corrected chi connectivity index (χ0v) is 12.8. The molecule has 1 aromatic rings. The van der Waals surface area contributed by atoms with E-state index in [2.05, 4.69) is 0 Å². The van der Waals surface area contributed by atoms with Crippen LogP contribution in [0.3, 0.4) is 0 Å². The van der Waals surface area contributed by atoms with Gasteiger partial charge >= 0.3 is 109 Å². The Bertz CT molecular complexity index is 361. The van der Waals surface area contributed by atoms with E-state index in [1.165, 1.54) is 0 Å². The number of carbonyl (C=O) groups excluding carboxylic acids is 1. The first-order valence-electron chi connectivity index (χ1n) is 4.24. The fourth-order valence-electron chi connectivity index (χ4n) is 1.25. The first-order chi connectivity index (χ1) is 6.91. The SMILES string of the molecule is O=C(Cl)CCc1cccc[c]1[Ge]([Cl])([Cl])[Cl]. The summed E-state index contributed by atoms with van der Waals surface area (Å²) in [6.45, 7) is 0. The molecule has 0 unspecified atom stereocenters. The first kappa shape index (κ1) is 13.7. The van der Waals surface area contributed by atoms with Crippen LogP contribution in [0.1, 0.15) is 12.0 Å². The molecule has 1 nitrogen and oxygen atoms in total. The van der Waals surface area contributed by atoms with Crippen molar-refractivity contribution in [3.05, 3.63) is 29.8 Å². The molecular weight excluding hydrogens is 339 g/mol. The van der Waals surface area contributed by atoms with E-state index in [-0.39, 0.29) is 11.7 Å². The Balaban J connectivity index is 2.92. The van der Waals surface area contributed by atoms with E-state index in [0.29, 0.717) is 6.42 Å². The van der Waals surface area contributed by atoms with Gasteiger partial charge in [-0.1, -0.05) is 0 Å². The van der Waals surface area contributed by atoms with Crippen molar-refractivity contribution in [2.75, 3.05) is 0 Å². The monoisotopic (exact) mass is 346 g/mol. The van der Waals surface area contributed by atoms with Crippen molar-refractivity contribution in [3.8, 4) is 0 Å². The Morgan fingerprint density at radius 1 is 1.20 bits per heavy atom. The number of rotatable bonds is 4. The molecule has 1 rings (SSSR count). The molecule has 0 saturated heterocycles. The standard InChI is InChI=1S/C9H8Cl4GeO/c10-9(15)6-5-7-3-1-2-4-8(7)14(11,12)13/h1-4H,5-6H2. The quantitative estimate of drug-likeness (QED) is 0.604. The average Bonchev–Trinajstić information content (AvgIpc) is 2.13. The van der Waals surface area contributed by atoms with Crippen molar-refractivity contribution in [3.63, 3.8) is 0 Å². The van der Waals surface area contributed by atoms with Crippen LogP contribution in [-0.2, 0) is 11.2 Å². The summed E-state index contributed by atoms with van der Waals surface area (Å²) in [7, 11) is 14.6. The van der Waals surface area contributed by atoms with Crippen LogP contribution in [0.25, 0.3) is 0 Å². The predicted octanol–water partition coefficient (Wildman–Crippen LogP) is 3.25. The Morgan fingerprint density at radius 2 is 1.80 bits per heavy atom. The van der Waals surface area contributed by atoms with Gasteiger partial charge in [0.15, 0.2) is 0 Å². The zero-order chi connectivity index (χ0) is 11.5. The Hall–Kier alpha value is 0.593. The minimum atomic E-state index is -3.39. The second-order valence-corrected chi connectivity index (χ2v) is 18.5. The molecule has 0 aliphatic heterocycles. The second-order valence-electron chi connectivity index (χ2n) is 3.01. The van der Waals surface area contributed by atoms with E-state index in [1.807, 2.05) is 18.2 Å². The Kier molecular flexibility index (Phi) is 5.27. The minimum absolute atomic E-state index is 0.265. The molecule has 0 heterocycles. The van der Waals surface area contributed by atoms with Crippen LogP contribution >= 0.6 is 41.6 Å². The van der Waals surface area contributed by atoms with Gasteiger partial charge in [0.1, 0.15) is 0 Å². The summed E-state index contributed by atoms with van der Waals surface area (Å²) in [6, 6.07) is 7.36. The number of aryl methyl sites for hydroxylation is 1. The molecule has 0 aromatic heterocycles. The van der Waals surface area contributed by atoms with Crippen LogP contribution in [0, 0.1) is 0 Å². The summed E-state index contributed by atoms with van der Waals surface area (Å²) in [6.07, 6.45) is 0.791. The van der Waals surface area contributed by atoms with Gasteiger partial charge in [-0.3, -0.25) is 0 Å². The molecule has 0 aliphatic rings. The molecule has 1 aromatic carbocycles. The van der Waals surface area contributed by atoms with Crippen LogP contribution in [0.5, 0.6) is 0 Å². The van der Waals surface area contributed by atoms with Gasteiger partial charge < -0.3 is 0 Å². The van der Waals surface area contributed by atoms with Crippen LogP contribution in [0.15, 0.2) is 24.3 Å². The third-order valence-corrected chi connectivity index (χ3v) is 7.58. The Labute approximate surface area is 109 Å². The summed E-state index contributed by atoms with van der Waals surface area (Å²) in [4.78, 5) is 10.7. The summed E-state index contributed by atoms with van der Waals surface area (Å²) in [5.74, 6) is 0. The first-order valence-corrected chi connectivity index (χ1v) is 13.9. The molecule has 15 heavy (non-hydrogen) atoms. The molecule has 0 fully saturated rings. The number of hydrogen-bond donors (Lipinski definition) is 0. The summed E-state index contributed by atoms with van der Waals surface area (Å²) in [5.41, 5.74) is 0.909. The van der Waals surface area contributed by atoms with Gasteiger partial charge in [0.2, 0.25) is 0 Å². The van der Waals surface area contributed by atoms with E-state index in [9.17, 15) is 4.79 Å². The zero-order valence-electron chi connectivity index (χ0n) is 7.64. The second kappa shape index (κ2) is 5.78. The van der Waals surface area contributed by atoms with Crippen LogP contribution in [0.4, 0.5) is 0 Å². The van der Waals surface area contributed by atoms with Crippen molar-refractivity contribution in [2.45, 2.75) is 12.8 Å². The van der Waals surface area contributed by atoms with Gasteiger partial charge in [0, 0.05) is 0 Å². The van der Waals surface area contributed by atoms with Crippen molar-refractivity contribution in [1.29, 1.82) is 0 Å². The molecule has 0 amide bonds. The van der Waals surface area contributed by atoms with Gasteiger partial charge in [0.25, 0.3) is 0 Å². The molecular formula is C9H8Cl4GeO. The number of benzene rings is 1.